The Labute approximate surface area is 165 Å². The second-order valence-electron chi connectivity index (χ2n) is 6.10. The third kappa shape index (κ3) is 4.56. The molecule has 0 saturated carbocycles. The van der Waals surface area contributed by atoms with Crippen LogP contribution in [0.25, 0.3) is 0 Å². The van der Waals surface area contributed by atoms with Crippen molar-refractivity contribution in [3.8, 4) is 0 Å². The second-order valence-corrected chi connectivity index (χ2v) is 7.35. The minimum absolute atomic E-state index is 0.484. The Morgan fingerprint density at radius 1 is 1.31 bits per heavy atom. The molecule has 0 spiro atoms. The van der Waals surface area contributed by atoms with E-state index in [4.69, 9.17) is 12.2 Å². The number of hydrogen-bond donors (Lipinski definition) is 2. The maximum absolute atomic E-state index is 5.34. The molecule has 26 heavy (non-hydrogen) atoms. The van der Waals surface area contributed by atoms with Gasteiger partial charge in [-0.05, 0) is 73.6 Å². The van der Waals surface area contributed by atoms with E-state index in [2.05, 4.69) is 51.9 Å². The van der Waals surface area contributed by atoms with Gasteiger partial charge in [-0.25, -0.2) is 0 Å². The van der Waals surface area contributed by atoms with E-state index in [1.807, 2.05) is 30.7 Å². The van der Waals surface area contributed by atoms with Gasteiger partial charge < -0.3 is 10.2 Å². The molecule has 0 atom stereocenters. The number of aryl methyl sites for hydroxylation is 1. The summed E-state index contributed by atoms with van der Waals surface area (Å²) in [5.41, 5.74) is 7.73. The normalized spacial score (nSPS) is 13.5. The predicted octanol–water partition coefficient (Wildman–Crippen LogP) is 4.50. The average Bonchev–Trinajstić information content (AvgIpc) is 2.67. The number of fused-ring (bicyclic) bond motifs is 1. The van der Waals surface area contributed by atoms with E-state index < -0.39 is 0 Å². The second kappa shape index (κ2) is 9.05. The van der Waals surface area contributed by atoms with Gasteiger partial charge in [-0.2, -0.15) is 5.10 Å². The zero-order chi connectivity index (χ0) is 18.4. The molecule has 0 bridgehead atoms. The quantitative estimate of drug-likeness (QED) is 0.344. The number of thioether (sulfide) groups is 1. The van der Waals surface area contributed by atoms with Gasteiger partial charge in [0.2, 0.25) is 0 Å². The Kier molecular flexibility index (Phi) is 6.52. The van der Waals surface area contributed by atoms with E-state index in [-0.39, 0.29) is 0 Å². The van der Waals surface area contributed by atoms with Crippen molar-refractivity contribution in [3.05, 3.63) is 53.6 Å². The number of nitrogens with zero attached hydrogens (tertiary/aromatic N) is 2. The zero-order valence-corrected chi connectivity index (χ0v) is 16.8. The molecule has 0 aliphatic carbocycles. The summed E-state index contributed by atoms with van der Waals surface area (Å²) in [4.78, 5) is 3.58. The van der Waals surface area contributed by atoms with Crippen LogP contribution >= 0.6 is 24.0 Å². The van der Waals surface area contributed by atoms with Crippen molar-refractivity contribution in [1.29, 1.82) is 0 Å². The van der Waals surface area contributed by atoms with Gasteiger partial charge in [-0.3, -0.25) is 5.43 Å². The van der Waals surface area contributed by atoms with Crippen LogP contribution in [-0.4, -0.2) is 30.7 Å². The van der Waals surface area contributed by atoms with Crippen LogP contribution in [0.15, 0.2) is 52.5 Å². The molecule has 3 rings (SSSR count). The summed E-state index contributed by atoms with van der Waals surface area (Å²) in [6.07, 6.45) is 6.21. The summed E-state index contributed by atoms with van der Waals surface area (Å²) in [5, 5.41) is 7.96. The van der Waals surface area contributed by atoms with Gasteiger partial charge in [0.05, 0.1) is 11.9 Å². The van der Waals surface area contributed by atoms with Crippen LogP contribution in [0.2, 0.25) is 0 Å². The van der Waals surface area contributed by atoms with Gasteiger partial charge in [0.1, 0.15) is 0 Å². The van der Waals surface area contributed by atoms with Crippen LogP contribution in [0.1, 0.15) is 24.5 Å². The van der Waals surface area contributed by atoms with Crippen LogP contribution in [-0.2, 0) is 6.42 Å². The fourth-order valence-electron chi connectivity index (χ4n) is 3.17. The minimum Gasteiger partial charge on any atom is -0.372 e. The van der Waals surface area contributed by atoms with E-state index >= 15 is 0 Å². The van der Waals surface area contributed by atoms with E-state index in [9.17, 15) is 0 Å². The minimum atomic E-state index is 0.484. The van der Waals surface area contributed by atoms with E-state index in [0.717, 1.165) is 35.7 Å². The standard InChI is InChI=1S/C20H24N4S2/c1-3-24-12-6-7-16-13-15(10-11-18(16)24)14-21-23-20(25)22-17-8-4-5-9-19(17)26-2/h4-5,8-11,13-14H,3,6-7,12H2,1-2H3,(H2,22,23,25). The highest BCUT2D eigenvalue weighted by atomic mass is 32.2. The number of anilines is 2. The number of benzene rings is 2. The molecular formula is C20H24N4S2. The van der Waals surface area contributed by atoms with Gasteiger partial charge in [-0.15, -0.1) is 11.8 Å². The first-order valence-electron chi connectivity index (χ1n) is 8.82. The largest absolute Gasteiger partial charge is 0.372 e. The molecular weight excluding hydrogens is 360 g/mol. The summed E-state index contributed by atoms with van der Waals surface area (Å²) in [6.45, 7) is 4.41. The molecule has 0 radical (unpaired) electrons. The fraction of sp³-hybridized carbons (Fsp3) is 0.300. The lowest BCUT2D eigenvalue weighted by atomic mass is 9.99. The maximum Gasteiger partial charge on any atom is 0.191 e. The van der Waals surface area contributed by atoms with Crippen molar-refractivity contribution in [3.63, 3.8) is 0 Å². The first-order chi connectivity index (χ1) is 12.7. The molecule has 1 heterocycles. The lowest BCUT2D eigenvalue weighted by Gasteiger charge is -2.30. The molecule has 0 amide bonds. The summed E-state index contributed by atoms with van der Waals surface area (Å²) in [7, 11) is 0. The van der Waals surface area contributed by atoms with E-state index in [0.29, 0.717) is 5.11 Å². The van der Waals surface area contributed by atoms with Crippen molar-refractivity contribution in [2.24, 2.45) is 5.10 Å². The molecule has 4 nitrogen and oxygen atoms in total. The predicted molar refractivity (Wildman–Crippen MR) is 118 cm³/mol. The van der Waals surface area contributed by atoms with Gasteiger partial charge in [0.15, 0.2) is 5.11 Å². The number of hydrogen-bond acceptors (Lipinski definition) is 4. The molecule has 2 aromatic rings. The smallest absolute Gasteiger partial charge is 0.191 e. The first-order valence-corrected chi connectivity index (χ1v) is 10.5. The maximum atomic E-state index is 5.34. The molecule has 0 unspecified atom stereocenters. The van der Waals surface area contributed by atoms with Gasteiger partial charge in [0.25, 0.3) is 0 Å². The highest BCUT2D eigenvalue weighted by molar-refractivity contribution is 7.98. The first kappa shape index (κ1) is 18.7. The monoisotopic (exact) mass is 384 g/mol. The van der Waals surface area contributed by atoms with Crippen LogP contribution in [0.4, 0.5) is 11.4 Å². The van der Waals surface area contributed by atoms with Crippen molar-refractivity contribution in [2.75, 3.05) is 29.6 Å². The number of hydrazone groups is 1. The lowest BCUT2D eigenvalue weighted by Crippen LogP contribution is -2.28. The molecule has 2 N–H and O–H groups in total. The Balaban J connectivity index is 1.61. The Morgan fingerprint density at radius 3 is 2.96 bits per heavy atom. The molecule has 2 aromatic carbocycles. The highest BCUT2D eigenvalue weighted by Gasteiger charge is 2.15. The molecule has 136 valence electrons. The SMILES string of the molecule is CCN1CCCc2cc(C=NNC(=S)Nc3ccccc3SC)ccc21. The Morgan fingerprint density at radius 2 is 2.15 bits per heavy atom. The van der Waals surface area contributed by atoms with Crippen molar-refractivity contribution >= 4 is 46.7 Å². The van der Waals surface area contributed by atoms with Crippen LogP contribution < -0.4 is 15.6 Å². The number of para-hydroxylation sites is 1. The zero-order valence-electron chi connectivity index (χ0n) is 15.2. The molecule has 6 heteroatoms. The summed E-state index contributed by atoms with van der Waals surface area (Å²) in [6, 6.07) is 14.6. The molecule has 1 aliphatic rings. The summed E-state index contributed by atoms with van der Waals surface area (Å²) in [5.74, 6) is 0. The molecule has 0 saturated heterocycles. The van der Waals surface area contributed by atoms with Crippen molar-refractivity contribution in [2.45, 2.75) is 24.7 Å². The van der Waals surface area contributed by atoms with Crippen LogP contribution in [0.5, 0.6) is 0 Å². The summed E-state index contributed by atoms with van der Waals surface area (Å²) >= 11 is 7.02. The molecule has 0 fully saturated rings. The lowest BCUT2D eigenvalue weighted by molar-refractivity contribution is 0.708. The average molecular weight is 385 g/mol. The van der Waals surface area contributed by atoms with E-state index in [1.54, 1.807) is 11.8 Å². The number of nitrogens with one attached hydrogen (secondary N) is 2. The number of rotatable bonds is 5. The molecule has 1 aliphatic heterocycles. The number of thiocarbonyl (C=S) groups is 1. The summed E-state index contributed by atoms with van der Waals surface area (Å²) < 4.78 is 0. The van der Waals surface area contributed by atoms with Crippen LogP contribution in [0.3, 0.4) is 0 Å². The Bertz CT molecular complexity index is 804. The van der Waals surface area contributed by atoms with Gasteiger partial charge in [-0.1, -0.05) is 18.2 Å². The van der Waals surface area contributed by atoms with Crippen molar-refractivity contribution in [1.82, 2.24) is 5.43 Å². The van der Waals surface area contributed by atoms with Crippen LogP contribution in [0, 0.1) is 0 Å². The third-order valence-electron chi connectivity index (χ3n) is 4.43. The van der Waals surface area contributed by atoms with Gasteiger partial charge in [0, 0.05) is 23.7 Å². The van der Waals surface area contributed by atoms with E-state index in [1.165, 1.54) is 17.7 Å². The molecule has 0 aromatic heterocycles. The fourth-order valence-corrected chi connectivity index (χ4v) is 3.88. The van der Waals surface area contributed by atoms with Gasteiger partial charge >= 0.3 is 0 Å². The highest BCUT2D eigenvalue weighted by Crippen LogP contribution is 2.27. The Hall–Kier alpha value is -2.05. The third-order valence-corrected chi connectivity index (χ3v) is 5.42. The van der Waals surface area contributed by atoms with Crippen molar-refractivity contribution < 1.29 is 0 Å². The topological polar surface area (TPSA) is 39.7 Å².